The number of carbonyl (C=O) groups excluding carboxylic acids is 1. The summed E-state index contributed by atoms with van der Waals surface area (Å²) < 4.78 is 13.2. The highest BCUT2D eigenvalue weighted by atomic mass is 35.5. The topological polar surface area (TPSA) is 73.8 Å². The number of fused-ring (bicyclic) bond motifs is 1. The molecule has 37 heavy (non-hydrogen) atoms. The molecule has 0 saturated carbocycles. The van der Waals surface area contributed by atoms with Crippen molar-refractivity contribution in [3.8, 4) is 11.3 Å². The Bertz CT molecular complexity index is 1730. The molecule has 1 aliphatic heterocycles. The highest BCUT2D eigenvalue weighted by Gasteiger charge is 2.33. The third-order valence-corrected chi connectivity index (χ3v) is 7.58. The average molecular weight is 574 g/mol. The van der Waals surface area contributed by atoms with Crippen LogP contribution in [-0.4, -0.2) is 17.1 Å². The van der Waals surface area contributed by atoms with Gasteiger partial charge < -0.3 is 9.15 Å². The van der Waals surface area contributed by atoms with Gasteiger partial charge in [-0.2, -0.15) is 0 Å². The minimum atomic E-state index is -0.713. The van der Waals surface area contributed by atoms with E-state index in [2.05, 4.69) is 4.99 Å². The van der Waals surface area contributed by atoms with Gasteiger partial charge in [0.05, 0.1) is 33.5 Å². The SMILES string of the molecule is CCOC(=O)C1=C(C)N=c2s/c(=C/c3ccc(-c4ccc(Cl)cc4Cl)o3)c(=O)n2[C@H]1c1ccc(Cl)cc1. The highest BCUT2D eigenvalue weighted by molar-refractivity contribution is 7.07. The van der Waals surface area contributed by atoms with Crippen LogP contribution in [0.4, 0.5) is 0 Å². The van der Waals surface area contributed by atoms with E-state index < -0.39 is 12.0 Å². The first-order chi connectivity index (χ1) is 17.8. The Hall–Kier alpha value is -3.10. The monoisotopic (exact) mass is 572 g/mol. The molecule has 2 aromatic heterocycles. The number of allylic oxidation sites excluding steroid dienone is 1. The fourth-order valence-electron chi connectivity index (χ4n) is 4.15. The van der Waals surface area contributed by atoms with Gasteiger partial charge in [-0.25, -0.2) is 9.79 Å². The lowest BCUT2D eigenvalue weighted by atomic mass is 9.96. The van der Waals surface area contributed by atoms with Crippen molar-refractivity contribution in [1.82, 2.24) is 4.57 Å². The third kappa shape index (κ3) is 4.92. The molecular formula is C27H19Cl3N2O4S. The first-order valence-corrected chi connectivity index (χ1v) is 13.2. The quantitative estimate of drug-likeness (QED) is 0.274. The Morgan fingerprint density at radius 3 is 2.54 bits per heavy atom. The van der Waals surface area contributed by atoms with Gasteiger partial charge in [-0.3, -0.25) is 9.36 Å². The van der Waals surface area contributed by atoms with Gasteiger partial charge in [0, 0.05) is 21.7 Å². The summed E-state index contributed by atoms with van der Waals surface area (Å²) in [5.41, 5.74) is 1.89. The number of thiazole rings is 1. The van der Waals surface area contributed by atoms with Crippen LogP contribution in [0.1, 0.15) is 31.2 Å². The Kier molecular flexibility index (Phi) is 7.14. The van der Waals surface area contributed by atoms with Crippen molar-refractivity contribution in [2.75, 3.05) is 6.61 Å². The van der Waals surface area contributed by atoms with E-state index in [1.54, 1.807) is 74.5 Å². The summed E-state index contributed by atoms with van der Waals surface area (Å²) in [4.78, 5) is 31.7. The second kappa shape index (κ2) is 10.3. The molecule has 0 aliphatic carbocycles. The summed E-state index contributed by atoms with van der Waals surface area (Å²) in [6.45, 7) is 3.67. The van der Waals surface area contributed by atoms with Crippen LogP contribution >= 0.6 is 46.1 Å². The second-order valence-corrected chi connectivity index (χ2v) is 10.5. The van der Waals surface area contributed by atoms with Crippen LogP contribution in [0.3, 0.4) is 0 Å². The highest BCUT2D eigenvalue weighted by Crippen LogP contribution is 2.33. The normalized spacial score (nSPS) is 15.5. The minimum absolute atomic E-state index is 0.200. The van der Waals surface area contributed by atoms with Crippen molar-refractivity contribution < 1.29 is 13.9 Å². The van der Waals surface area contributed by atoms with Crippen molar-refractivity contribution >= 4 is 58.2 Å². The standard InChI is InChI=1S/C27H19Cl3N2O4S/c1-3-35-26(34)23-14(2)31-27-32(24(23)15-4-6-16(28)7-5-15)25(33)22(37-27)13-18-9-11-21(36-18)19-10-8-17(29)12-20(19)30/h4-13,24H,3H2,1-2H3/b22-13+/t24-/m0/s1. The summed E-state index contributed by atoms with van der Waals surface area (Å²) >= 11 is 19.6. The number of ether oxygens (including phenoxy) is 1. The number of carbonyl (C=O) groups is 1. The van der Waals surface area contributed by atoms with Crippen LogP contribution in [0.2, 0.25) is 15.1 Å². The van der Waals surface area contributed by atoms with Crippen molar-refractivity contribution in [2.45, 2.75) is 19.9 Å². The number of hydrogen-bond acceptors (Lipinski definition) is 6. The maximum Gasteiger partial charge on any atom is 0.338 e. The van der Waals surface area contributed by atoms with Crippen molar-refractivity contribution in [2.24, 2.45) is 4.99 Å². The molecule has 3 heterocycles. The van der Waals surface area contributed by atoms with Crippen LogP contribution in [-0.2, 0) is 9.53 Å². The van der Waals surface area contributed by atoms with Crippen LogP contribution in [0, 0.1) is 0 Å². The smallest absolute Gasteiger partial charge is 0.338 e. The molecule has 1 aliphatic rings. The van der Waals surface area contributed by atoms with Crippen molar-refractivity contribution in [3.05, 3.63) is 112 Å². The van der Waals surface area contributed by atoms with Crippen LogP contribution in [0.15, 0.2) is 80.1 Å². The van der Waals surface area contributed by atoms with E-state index in [0.29, 0.717) is 58.3 Å². The Morgan fingerprint density at radius 2 is 1.84 bits per heavy atom. The molecule has 0 spiro atoms. The molecule has 5 rings (SSSR count). The maximum absolute atomic E-state index is 13.7. The molecule has 0 amide bonds. The van der Waals surface area contributed by atoms with E-state index in [0.717, 1.165) is 0 Å². The number of esters is 1. The van der Waals surface area contributed by atoms with Gasteiger partial charge in [0.25, 0.3) is 5.56 Å². The fourth-order valence-corrected chi connectivity index (χ4v) is 5.80. The van der Waals surface area contributed by atoms with E-state index in [9.17, 15) is 9.59 Å². The summed E-state index contributed by atoms with van der Waals surface area (Å²) in [6.07, 6.45) is 1.65. The number of furan rings is 1. The summed E-state index contributed by atoms with van der Waals surface area (Å²) in [5, 5.41) is 1.52. The number of nitrogens with zero attached hydrogens (tertiary/aromatic N) is 2. The van der Waals surface area contributed by atoms with E-state index in [1.165, 1.54) is 15.9 Å². The Labute approximate surface area is 230 Å². The predicted octanol–water partition coefficient (Wildman–Crippen LogP) is 6.02. The predicted molar refractivity (Wildman–Crippen MR) is 146 cm³/mol. The van der Waals surface area contributed by atoms with Crippen LogP contribution in [0.5, 0.6) is 0 Å². The number of halogens is 3. The molecule has 0 fully saturated rings. The van der Waals surface area contributed by atoms with Gasteiger partial charge in [0.15, 0.2) is 4.80 Å². The van der Waals surface area contributed by atoms with E-state index >= 15 is 0 Å². The number of hydrogen-bond donors (Lipinski definition) is 0. The molecule has 188 valence electrons. The van der Waals surface area contributed by atoms with Crippen LogP contribution < -0.4 is 14.9 Å². The number of aromatic nitrogens is 1. The largest absolute Gasteiger partial charge is 0.463 e. The first kappa shape index (κ1) is 25.5. The van der Waals surface area contributed by atoms with E-state index in [-0.39, 0.29) is 12.2 Å². The molecular weight excluding hydrogens is 555 g/mol. The van der Waals surface area contributed by atoms with Gasteiger partial charge in [-0.15, -0.1) is 0 Å². The summed E-state index contributed by atoms with van der Waals surface area (Å²) in [7, 11) is 0. The molecule has 0 saturated heterocycles. The van der Waals surface area contributed by atoms with E-state index in [4.69, 9.17) is 44.0 Å². The van der Waals surface area contributed by atoms with Gasteiger partial charge in [-0.1, -0.05) is 58.3 Å². The maximum atomic E-state index is 13.7. The zero-order valence-corrected chi connectivity index (χ0v) is 22.7. The number of rotatable bonds is 5. The molecule has 1 atom stereocenters. The molecule has 10 heteroatoms. The van der Waals surface area contributed by atoms with Crippen molar-refractivity contribution in [1.29, 1.82) is 0 Å². The molecule has 0 radical (unpaired) electrons. The van der Waals surface area contributed by atoms with Crippen molar-refractivity contribution in [3.63, 3.8) is 0 Å². The molecule has 6 nitrogen and oxygen atoms in total. The lowest BCUT2D eigenvalue weighted by Gasteiger charge is -2.24. The Balaban J connectivity index is 1.63. The van der Waals surface area contributed by atoms with Gasteiger partial charge in [0.2, 0.25) is 0 Å². The zero-order valence-electron chi connectivity index (χ0n) is 19.6. The minimum Gasteiger partial charge on any atom is -0.463 e. The molecule has 0 unspecified atom stereocenters. The second-order valence-electron chi connectivity index (χ2n) is 8.18. The average Bonchev–Trinajstić information content (AvgIpc) is 3.43. The fraction of sp³-hybridized carbons (Fsp3) is 0.148. The van der Waals surface area contributed by atoms with Gasteiger partial charge in [0.1, 0.15) is 11.5 Å². The van der Waals surface area contributed by atoms with Gasteiger partial charge in [-0.05, 0) is 61.9 Å². The molecule has 2 aromatic carbocycles. The van der Waals surface area contributed by atoms with Crippen LogP contribution in [0.25, 0.3) is 17.4 Å². The van der Waals surface area contributed by atoms with E-state index in [1.807, 2.05) is 0 Å². The lowest BCUT2D eigenvalue weighted by molar-refractivity contribution is -0.139. The summed E-state index contributed by atoms with van der Waals surface area (Å²) in [5.74, 6) is 0.490. The summed E-state index contributed by atoms with van der Waals surface area (Å²) in [6, 6.07) is 15.0. The number of benzene rings is 2. The third-order valence-electron chi connectivity index (χ3n) is 5.80. The molecule has 4 aromatic rings. The molecule has 0 bridgehead atoms. The van der Waals surface area contributed by atoms with Gasteiger partial charge >= 0.3 is 5.97 Å². The first-order valence-electron chi connectivity index (χ1n) is 11.3. The zero-order chi connectivity index (χ0) is 26.3. The Morgan fingerprint density at radius 1 is 1.11 bits per heavy atom. The molecule has 0 N–H and O–H groups in total. The lowest BCUT2D eigenvalue weighted by Crippen LogP contribution is -2.39.